The van der Waals surface area contributed by atoms with Crippen LogP contribution in [-0.4, -0.2) is 7.05 Å². The lowest BCUT2D eigenvalue weighted by atomic mass is 10.2. The molecule has 0 atom stereocenters. The number of nitrogens with zero attached hydrogens (tertiary/aromatic N) is 1. The molecule has 0 bridgehead atoms. The van der Waals surface area contributed by atoms with Crippen molar-refractivity contribution in [3.05, 3.63) is 34.9 Å². The van der Waals surface area contributed by atoms with E-state index in [0.717, 1.165) is 0 Å². The number of rotatable bonds is 0. The molecule has 15 heavy (non-hydrogen) atoms. The van der Waals surface area contributed by atoms with Gasteiger partial charge in [0.2, 0.25) is 0 Å². The maximum atomic E-state index is 2.36. The SMILES string of the molecule is CN1C(=C2CCCC2)Sc2ccccc21. The third kappa shape index (κ3) is 1.48. The van der Waals surface area contributed by atoms with Gasteiger partial charge < -0.3 is 4.90 Å². The van der Waals surface area contributed by atoms with Gasteiger partial charge in [-0.1, -0.05) is 23.9 Å². The Morgan fingerprint density at radius 1 is 1.13 bits per heavy atom. The van der Waals surface area contributed by atoms with Crippen molar-refractivity contribution in [1.82, 2.24) is 0 Å². The topological polar surface area (TPSA) is 3.24 Å². The molecule has 0 radical (unpaired) electrons. The van der Waals surface area contributed by atoms with Gasteiger partial charge in [0.1, 0.15) is 0 Å². The maximum Gasteiger partial charge on any atom is 0.0790 e. The van der Waals surface area contributed by atoms with E-state index in [2.05, 4.69) is 36.2 Å². The van der Waals surface area contributed by atoms with Crippen LogP contribution in [0.1, 0.15) is 25.7 Å². The number of fused-ring (bicyclic) bond motifs is 1. The van der Waals surface area contributed by atoms with Crippen molar-refractivity contribution >= 4 is 17.4 Å². The van der Waals surface area contributed by atoms with Crippen molar-refractivity contribution in [1.29, 1.82) is 0 Å². The van der Waals surface area contributed by atoms with Gasteiger partial charge in [-0.05, 0) is 43.4 Å². The predicted octanol–water partition coefficient (Wildman–Crippen LogP) is 4.01. The number of benzene rings is 1. The van der Waals surface area contributed by atoms with Gasteiger partial charge in [0, 0.05) is 11.9 Å². The van der Waals surface area contributed by atoms with Crippen molar-refractivity contribution in [2.45, 2.75) is 30.6 Å². The number of para-hydroxylation sites is 1. The standard InChI is InChI=1S/C13H15NS/c1-14-11-8-4-5-9-12(11)15-13(14)10-6-2-3-7-10/h4-5,8-9H,2-3,6-7H2,1H3. The molecule has 0 amide bonds. The Morgan fingerprint density at radius 3 is 2.60 bits per heavy atom. The molecule has 2 heteroatoms. The highest BCUT2D eigenvalue weighted by Crippen LogP contribution is 2.48. The van der Waals surface area contributed by atoms with Crippen molar-refractivity contribution in [3.8, 4) is 0 Å². The minimum absolute atomic E-state index is 1.31. The number of hydrogen-bond acceptors (Lipinski definition) is 2. The lowest BCUT2D eigenvalue weighted by Crippen LogP contribution is -2.11. The van der Waals surface area contributed by atoms with E-state index in [1.165, 1.54) is 41.3 Å². The molecule has 3 rings (SSSR count). The Labute approximate surface area is 95.2 Å². The van der Waals surface area contributed by atoms with E-state index < -0.39 is 0 Å². The van der Waals surface area contributed by atoms with E-state index in [1.54, 1.807) is 5.57 Å². The minimum Gasteiger partial charge on any atom is -0.338 e. The van der Waals surface area contributed by atoms with Crippen LogP contribution in [-0.2, 0) is 0 Å². The van der Waals surface area contributed by atoms with Gasteiger partial charge in [-0.3, -0.25) is 0 Å². The number of allylic oxidation sites excluding steroid dienone is 1. The third-order valence-electron chi connectivity index (χ3n) is 3.25. The van der Waals surface area contributed by atoms with Gasteiger partial charge >= 0.3 is 0 Å². The second kappa shape index (κ2) is 3.60. The van der Waals surface area contributed by atoms with Crippen LogP contribution in [0.3, 0.4) is 0 Å². The molecule has 1 saturated carbocycles. The first-order chi connectivity index (χ1) is 7.36. The molecule has 1 aromatic rings. The molecule has 1 fully saturated rings. The van der Waals surface area contributed by atoms with Crippen LogP contribution in [0, 0.1) is 0 Å². The van der Waals surface area contributed by atoms with Crippen LogP contribution in [0.15, 0.2) is 39.8 Å². The first-order valence-corrected chi connectivity index (χ1v) is 6.40. The van der Waals surface area contributed by atoms with Crippen molar-refractivity contribution in [2.24, 2.45) is 0 Å². The van der Waals surface area contributed by atoms with Crippen molar-refractivity contribution < 1.29 is 0 Å². The first kappa shape index (κ1) is 9.34. The maximum absolute atomic E-state index is 2.36. The molecule has 1 heterocycles. The third-order valence-corrected chi connectivity index (χ3v) is 4.57. The molecule has 1 aliphatic heterocycles. The summed E-state index contributed by atoms with van der Waals surface area (Å²) in [5.74, 6) is 0. The summed E-state index contributed by atoms with van der Waals surface area (Å²) < 4.78 is 0. The van der Waals surface area contributed by atoms with Crippen LogP contribution in [0.25, 0.3) is 0 Å². The van der Waals surface area contributed by atoms with Crippen LogP contribution in [0.2, 0.25) is 0 Å². The Bertz CT molecular complexity index is 414. The fraction of sp³-hybridized carbons (Fsp3) is 0.385. The van der Waals surface area contributed by atoms with Crippen LogP contribution >= 0.6 is 11.8 Å². The molecule has 1 aromatic carbocycles. The van der Waals surface area contributed by atoms with Crippen LogP contribution in [0.5, 0.6) is 0 Å². The average Bonchev–Trinajstić information content (AvgIpc) is 2.87. The van der Waals surface area contributed by atoms with Gasteiger partial charge in [-0.25, -0.2) is 0 Å². The molecule has 0 N–H and O–H groups in total. The van der Waals surface area contributed by atoms with E-state index in [1.807, 2.05) is 11.8 Å². The predicted molar refractivity (Wildman–Crippen MR) is 66.2 cm³/mol. The summed E-state index contributed by atoms with van der Waals surface area (Å²) in [4.78, 5) is 3.77. The number of anilines is 1. The van der Waals surface area contributed by atoms with Crippen molar-refractivity contribution in [3.63, 3.8) is 0 Å². The highest BCUT2D eigenvalue weighted by Gasteiger charge is 2.25. The lowest BCUT2D eigenvalue weighted by Gasteiger charge is -2.15. The molecule has 0 spiro atoms. The molecule has 78 valence electrons. The van der Waals surface area contributed by atoms with Crippen molar-refractivity contribution in [2.75, 3.05) is 11.9 Å². The summed E-state index contributed by atoms with van der Waals surface area (Å²) in [6, 6.07) is 8.68. The molecule has 0 saturated heterocycles. The van der Waals surface area contributed by atoms with E-state index in [0.29, 0.717) is 0 Å². The first-order valence-electron chi connectivity index (χ1n) is 5.59. The largest absolute Gasteiger partial charge is 0.338 e. The summed E-state index contributed by atoms with van der Waals surface area (Å²) in [6.07, 6.45) is 5.37. The zero-order chi connectivity index (χ0) is 10.3. The monoisotopic (exact) mass is 217 g/mol. The molecule has 2 aliphatic rings. The van der Waals surface area contributed by atoms with E-state index >= 15 is 0 Å². The second-order valence-corrected chi connectivity index (χ2v) is 5.28. The minimum atomic E-state index is 1.31. The Balaban J connectivity index is 2.02. The lowest BCUT2D eigenvalue weighted by molar-refractivity contribution is 0.886. The van der Waals surface area contributed by atoms with Gasteiger partial charge in [-0.15, -0.1) is 0 Å². The zero-order valence-electron chi connectivity index (χ0n) is 8.99. The van der Waals surface area contributed by atoms with E-state index in [9.17, 15) is 0 Å². The fourth-order valence-electron chi connectivity index (χ4n) is 2.43. The Kier molecular flexibility index (Phi) is 2.24. The molecule has 1 nitrogen and oxygen atoms in total. The molecule has 0 aromatic heterocycles. The Hall–Kier alpha value is -0.890. The van der Waals surface area contributed by atoms with Gasteiger partial charge in [-0.2, -0.15) is 0 Å². The van der Waals surface area contributed by atoms with Gasteiger partial charge in [0.25, 0.3) is 0 Å². The average molecular weight is 217 g/mol. The summed E-state index contributed by atoms with van der Waals surface area (Å²) in [5, 5.41) is 1.49. The highest BCUT2D eigenvalue weighted by molar-refractivity contribution is 8.03. The highest BCUT2D eigenvalue weighted by atomic mass is 32.2. The van der Waals surface area contributed by atoms with Crippen LogP contribution in [0.4, 0.5) is 5.69 Å². The summed E-state index contributed by atoms with van der Waals surface area (Å²) in [5.41, 5.74) is 3.04. The number of thioether (sulfide) groups is 1. The molecule has 0 unspecified atom stereocenters. The fourth-order valence-corrected chi connectivity index (χ4v) is 3.68. The smallest absolute Gasteiger partial charge is 0.0790 e. The molecular weight excluding hydrogens is 202 g/mol. The van der Waals surface area contributed by atoms with E-state index in [4.69, 9.17) is 0 Å². The zero-order valence-corrected chi connectivity index (χ0v) is 9.81. The second-order valence-electron chi connectivity index (χ2n) is 4.24. The van der Waals surface area contributed by atoms with E-state index in [-0.39, 0.29) is 0 Å². The molecular formula is C13H15NS. The van der Waals surface area contributed by atoms with Crippen LogP contribution < -0.4 is 4.90 Å². The summed E-state index contributed by atoms with van der Waals surface area (Å²) in [6.45, 7) is 0. The van der Waals surface area contributed by atoms with Gasteiger partial charge in [0.05, 0.1) is 10.7 Å². The number of hydrogen-bond donors (Lipinski definition) is 0. The normalized spacial score (nSPS) is 19.9. The summed E-state index contributed by atoms with van der Waals surface area (Å²) in [7, 11) is 2.19. The quantitative estimate of drug-likeness (QED) is 0.646. The van der Waals surface area contributed by atoms with Gasteiger partial charge in [0.15, 0.2) is 0 Å². The Morgan fingerprint density at radius 2 is 1.87 bits per heavy atom. The molecule has 1 aliphatic carbocycles. The summed E-state index contributed by atoms with van der Waals surface area (Å²) >= 11 is 1.95.